The van der Waals surface area contributed by atoms with Gasteiger partial charge in [0.2, 0.25) is 5.91 Å². The van der Waals surface area contributed by atoms with Gasteiger partial charge in [-0.25, -0.2) is 0 Å². The van der Waals surface area contributed by atoms with Crippen molar-refractivity contribution >= 4 is 28.2 Å². The SMILES string of the molecule is Cc1cccc(N2CCN(CC(=O)Nc3cccc4cccnc34)CC2)c1C. The topological polar surface area (TPSA) is 48.5 Å². The molecule has 1 saturated heterocycles. The Labute approximate surface area is 166 Å². The number of carbonyl (C=O) groups is 1. The van der Waals surface area contributed by atoms with Crippen LogP contribution in [0.5, 0.6) is 0 Å². The number of aryl methyl sites for hydroxylation is 1. The van der Waals surface area contributed by atoms with Crippen molar-refractivity contribution in [3.8, 4) is 0 Å². The van der Waals surface area contributed by atoms with Crippen LogP contribution < -0.4 is 10.2 Å². The Hall–Kier alpha value is -2.92. The highest BCUT2D eigenvalue weighted by atomic mass is 16.2. The molecule has 2 aromatic carbocycles. The third-order valence-electron chi connectivity index (χ3n) is 5.56. The van der Waals surface area contributed by atoms with Gasteiger partial charge in [0, 0.05) is 43.4 Å². The first-order valence-electron chi connectivity index (χ1n) is 9.79. The van der Waals surface area contributed by atoms with E-state index in [1.54, 1.807) is 6.20 Å². The molecule has 0 bridgehead atoms. The summed E-state index contributed by atoms with van der Waals surface area (Å²) >= 11 is 0. The summed E-state index contributed by atoms with van der Waals surface area (Å²) in [6.45, 7) is 8.39. The molecular formula is C23H26N4O. The molecule has 0 atom stereocenters. The van der Waals surface area contributed by atoms with Crippen molar-refractivity contribution < 1.29 is 4.79 Å². The van der Waals surface area contributed by atoms with E-state index in [4.69, 9.17) is 0 Å². The van der Waals surface area contributed by atoms with E-state index in [-0.39, 0.29) is 5.91 Å². The second kappa shape index (κ2) is 7.98. The number of nitrogens with one attached hydrogen (secondary N) is 1. The van der Waals surface area contributed by atoms with Crippen LogP contribution in [0, 0.1) is 13.8 Å². The van der Waals surface area contributed by atoms with Crippen molar-refractivity contribution in [1.82, 2.24) is 9.88 Å². The molecule has 1 aromatic heterocycles. The number of hydrogen-bond donors (Lipinski definition) is 1. The van der Waals surface area contributed by atoms with E-state index < -0.39 is 0 Å². The lowest BCUT2D eigenvalue weighted by Gasteiger charge is -2.36. The Balaban J connectivity index is 1.36. The molecule has 0 radical (unpaired) electrons. The summed E-state index contributed by atoms with van der Waals surface area (Å²) in [6, 6.07) is 16.2. The fourth-order valence-corrected chi connectivity index (χ4v) is 3.82. The number of rotatable bonds is 4. The minimum Gasteiger partial charge on any atom is -0.369 e. The van der Waals surface area contributed by atoms with E-state index in [0.29, 0.717) is 6.54 Å². The van der Waals surface area contributed by atoms with Crippen LogP contribution in [-0.2, 0) is 4.79 Å². The lowest BCUT2D eigenvalue weighted by molar-refractivity contribution is -0.117. The molecule has 0 saturated carbocycles. The number of anilines is 2. The first-order valence-corrected chi connectivity index (χ1v) is 9.79. The van der Waals surface area contributed by atoms with Crippen molar-refractivity contribution in [2.24, 2.45) is 0 Å². The van der Waals surface area contributed by atoms with Crippen LogP contribution in [0.1, 0.15) is 11.1 Å². The van der Waals surface area contributed by atoms with Crippen LogP contribution in [0.4, 0.5) is 11.4 Å². The van der Waals surface area contributed by atoms with Crippen molar-refractivity contribution in [1.29, 1.82) is 0 Å². The smallest absolute Gasteiger partial charge is 0.238 e. The molecule has 0 unspecified atom stereocenters. The second-order valence-electron chi connectivity index (χ2n) is 7.41. The number of hydrogen-bond acceptors (Lipinski definition) is 4. The summed E-state index contributed by atoms with van der Waals surface area (Å²) in [6.07, 6.45) is 1.75. The highest BCUT2D eigenvalue weighted by molar-refractivity contribution is 6.00. The maximum Gasteiger partial charge on any atom is 0.238 e. The van der Waals surface area contributed by atoms with Gasteiger partial charge in [-0.05, 0) is 43.2 Å². The number of aromatic nitrogens is 1. The van der Waals surface area contributed by atoms with Gasteiger partial charge in [0.25, 0.3) is 0 Å². The number of nitrogens with zero attached hydrogens (tertiary/aromatic N) is 3. The molecule has 3 aromatic rings. The van der Waals surface area contributed by atoms with Gasteiger partial charge in [0.05, 0.1) is 17.7 Å². The highest BCUT2D eigenvalue weighted by Gasteiger charge is 2.20. The zero-order valence-corrected chi connectivity index (χ0v) is 16.5. The van der Waals surface area contributed by atoms with E-state index in [9.17, 15) is 4.79 Å². The van der Waals surface area contributed by atoms with Crippen LogP contribution in [0.15, 0.2) is 54.7 Å². The third-order valence-corrected chi connectivity index (χ3v) is 5.56. The van der Waals surface area contributed by atoms with Crippen molar-refractivity contribution in [2.75, 3.05) is 42.9 Å². The predicted molar refractivity (Wildman–Crippen MR) is 115 cm³/mol. The molecule has 28 heavy (non-hydrogen) atoms. The maximum absolute atomic E-state index is 12.6. The average molecular weight is 374 g/mol. The lowest BCUT2D eigenvalue weighted by Crippen LogP contribution is -2.48. The molecule has 144 valence electrons. The summed E-state index contributed by atoms with van der Waals surface area (Å²) in [5.41, 5.74) is 5.58. The second-order valence-corrected chi connectivity index (χ2v) is 7.41. The molecule has 5 heteroatoms. The fraction of sp³-hybridized carbons (Fsp3) is 0.304. The van der Waals surface area contributed by atoms with Crippen molar-refractivity contribution in [3.63, 3.8) is 0 Å². The summed E-state index contributed by atoms with van der Waals surface area (Å²) < 4.78 is 0. The van der Waals surface area contributed by atoms with Crippen molar-refractivity contribution in [3.05, 3.63) is 65.9 Å². The number of benzene rings is 2. The highest BCUT2D eigenvalue weighted by Crippen LogP contribution is 2.24. The molecule has 1 N–H and O–H groups in total. The van der Waals surface area contributed by atoms with E-state index in [0.717, 1.165) is 42.8 Å². The molecule has 4 rings (SSSR count). The predicted octanol–water partition coefficient (Wildman–Crippen LogP) is 3.61. The minimum absolute atomic E-state index is 0.0124. The molecular weight excluding hydrogens is 348 g/mol. The van der Waals surface area contributed by atoms with E-state index in [2.05, 4.69) is 52.1 Å². The Bertz CT molecular complexity index is 988. The van der Waals surface area contributed by atoms with Gasteiger partial charge < -0.3 is 10.2 Å². The molecule has 1 aliphatic heterocycles. The Morgan fingerprint density at radius 2 is 1.75 bits per heavy atom. The van der Waals surface area contributed by atoms with Gasteiger partial charge in [-0.1, -0.05) is 30.3 Å². The van der Waals surface area contributed by atoms with Crippen LogP contribution in [0.3, 0.4) is 0 Å². The monoisotopic (exact) mass is 374 g/mol. The molecule has 2 heterocycles. The van der Waals surface area contributed by atoms with Crippen LogP contribution in [-0.4, -0.2) is 48.5 Å². The zero-order valence-electron chi connectivity index (χ0n) is 16.5. The number of piperazine rings is 1. The van der Waals surface area contributed by atoms with E-state index in [1.165, 1.54) is 16.8 Å². The first-order chi connectivity index (χ1) is 13.6. The maximum atomic E-state index is 12.6. The zero-order chi connectivity index (χ0) is 19.5. The molecule has 1 amide bonds. The summed E-state index contributed by atoms with van der Waals surface area (Å²) in [4.78, 5) is 21.6. The third kappa shape index (κ3) is 3.85. The van der Waals surface area contributed by atoms with Gasteiger partial charge in [-0.3, -0.25) is 14.7 Å². The van der Waals surface area contributed by atoms with Gasteiger partial charge >= 0.3 is 0 Å². The Morgan fingerprint density at radius 3 is 2.57 bits per heavy atom. The van der Waals surface area contributed by atoms with Crippen LogP contribution >= 0.6 is 0 Å². The van der Waals surface area contributed by atoms with Gasteiger partial charge in [-0.2, -0.15) is 0 Å². The van der Waals surface area contributed by atoms with Gasteiger partial charge in [0.1, 0.15) is 0 Å². The molecule has 5 nitrogen and oxygen atoms in total. The van der Waals surface area contributed by atoms with E-state index >= 15 is 0 Å². The first kappa shape index (κ1) is 18.4. The molecule has 0 spiro atoms. The summed E-state index contributed by atoms with van der Waals surface area (Å²) in [7, 11) is 0. The number of amides is 1. The molecule has 1 aliphatic rings. The quantitative estimate of drug-likeness (QED) is 0.758. The standard InChI is InChI=1S/C23H26N4O/c1-17-6-3-10-21(18(17)2)27-14-12-26(13-15-27)16-22(28)25-20-9-4-7-19-8-5-11-24-23(19)20/h3-11H,12-16H2,1-2H3,(H,25,28). The lowest BCUT2D eigenvalue weighted by atomic mass is 10.1. The average Bonchev–Trinajstić information content (AvgIpc) is 2.71. The number of pyridine rings is 1. The number of carbonyl (C=O) groups excluding carboxylic acids is 1. The minimum atomic E-state index is 0.0124. The number of fused-ring (bicyclic) bond motifs is 1. The molecule has 1 fully saturated rings. The summed E-state index contributed by atoms with van der Waals surface area (Å²) in [5.74, 6) is 0.0124. The summed E-state index contributed by atoms with van der Waals surface area (Å²) in [5, 5.41) is 4.07. The Kier molecular flexibility index (Phi) is 5.26. The van der Waals surface area contributed by atoms with Crippen LogP contribution in [0.2, 0.25) is 0 Å². The normalized spacial score (nSPS) is 15.0. The van der Waals surface area contributed by atoms with Gasteiger partial charge in [0.15, 0.2) is 0 Å². The molecule has 0 aliphatic carbocycles. The van der Waals surface area contributed by atoms with Crippen LogP contribution in [0.25, 0.3) is 10.9 Å². The Morgan fingerprint density at radius 1 is 1.00 bits per heavy atom. The fourth-order valence-electron chi connectivity index (χ4n) is 3.82. The number of para-hydroxylation sites is 1. The van der Waals surface area contributed by atoms with Gasteiger partial charge in [-0.15, -0.1) is 0 Å². The van der Waals surface area contributed by atoms with E-state index in [1.807, 2.05) is 30.3 Å². The largest absolute Gasteiger partial charge is 0.369 e. The van der Waals surface area contributed by atoms with Crippen molar-refractivity contribution in [2.45, 2.75) is 13.8 Å².